The van der Waals surface area contributed by atoms with Crippen molar-refractivity contribution in [2.75, 3.05) is 0 Å². The number of aromatic nitrogens is 2. The number of nitrogens with zero attached hydrogens (tertiary/aromatic N) is 7. The van der Waals surface area contributed by atoms with E-state index in [0.29, 0.717) is 56.0 Å². The first-order chi connectivity index (χ1) is 34.5. The Labute approximate surface area is 405 Å². The van der Waals surface area contributed by atoms with Crippen LogP contribution in [0.3, 0.4) is 0 Å². The number of rotatable bonds is 6. The lowest BCUT2D eigenvalue weighted by molar-refractivity contribution is -0.137. The van der Waals surface area contributed by atoms with Crippen molar-refractivity contribution in [3.05, 3.63) is 232 Å². The molecule has 0 saturated heterocycles. The SMILES string of the molecule is [C-]#[N+]c1cc([N+]#[C-])cc(-c2ccc3c(c2)c2ccccc2n3-c2ccc(-c3ccc(C(F)(F)F)cc3C)cc2-c2cc([N+]#[C-])ccc2-n2c3ccccc3c3cc(-c4cc(C#N)cc(C#N)c4)ccc32)c1. The number of para-hydroxylation sites is 2. The maximum Gasteiger partial charge on any atom is 0.416 e. The quantitative estimate of drug-likeness (QED) is 0.156. The zero-order valence-corrected chi connectivity index (χ0v) is 37.5. The highest BCUT2D eigenvalue weighted by Crippen LogP contribution is 2.45. The average molecular weight is 920 g/mol. The van der Waals surface area contributed by atoms with Gasteiger partial charge in [0.2, 0.25) is 0 Å². The monoisotopic (exact) mass is 919 g/mol. The van der Waals surface area contributed by atoms with E-state index in [0.717, 1.165) is 89.4 Å². The molecule has 2 aromatic heterocycles. The lowest BCUT2D eigenvalue weighted by atomic mass is 9.93. The average Bonchev–Trinajstić information content (AvgIpc) is 3.91. The highest BCUT2D eigenvalue weighted by Gasteiger charge is 2.31. The van der Waals surface area contributed by atoms with Crippen LogP contribution in [0.4, 0.5) is 30.2 Å². The van der Waals surface area contributed by atoms with Gasteiger partial charge in [0.1, 0.15) is 0 Å². The van der Waals surface area contributed by atoms with Gasteiger partial charge in [-0.2, -0.15) is 23.7 Å². The first-order valence-corrected chi connectivity index (χ1v) is 22.3. The molecule has 0 bridgehead atoms. The van der Waals surface area contributed by atoms with Gasteiger partial charge in [0.25, 0.3) is 0 Å². The third-order valence-corrected chi connectivity index (χ3v) is 13.1. The van der Waals surface area contributed by atoms with Crippen molar-refractivity contribution in [3.8, 4) is 68.0 Å². The molecule has 7 nitrogen and oxygen atoms in total. The highest BCUT2D eigenvalue weighted by molar-refractivity contribution is 6.13. The van der Waals surface area contributed by atoms with Crippen LogP contribution in [0.5, 0.6) is 0 Å². The van der Waals surface area contributed by atoms with E-state index in [1.165, 1.54) is 6.07 Å². The van der Waals surface area contributed by atoms with Gasteiger partial charge in [-0.05, 0) is 142 Å². The standard InChI is InChI=1S/C61H32F3N7/c1-36-23-44(61(62,63)64)16-18-48(36)41-15-21-59(70-55-11-7-5-10-50(55)52-30-40(14-20-57(52)70)43-27-46(68-3)32-47(28-43)69-4)53(31-41)54-33-45(67-2)17-22-60(54)71-56-12-8-6-9-49(56)51-29-39(13-19-58(51)71)42-25-37(34-65)24-38(26-42)35-66/h5-33H,1H3. The Bertz CT molecular complexity index is 4240. The minimum Gasteiger partial charge on any atom is -0.309 e. The van der Waals surface area contributed by atoms with Gasteiger partial charge in [-0.1, -0.05) is 84.9 Å². The van der Waals surface area contributed by atoms with Gasteiger partial charge < -0.3 is 9.13 Å². The fourth-order valence-electron chi connectivity index (χ4n) is 9.92. The number of aryl methyl sites for hydroxylation is 1. The molecule has 9 aromatic carbocycles. The number of halogens is 3. The second kappa shape index (κ2) is 16.9. The first kappa shape index (κ1) is 43.4. The number of hydrogen-bond acceptors (Lipinski definition) is 2. The molecule has 0 saturated carbocycles. The Kier molecular flexibility index (Phi) is 10.3. The maximum atomic E-state index is 14.0. The van der Waals surface area contributed by atoms with Gasteiger partial charge in [-0.25, -0.2) is 14.5 Å². The lowest BCUT2D eigenvalue weighted by Gasteiger charge is -2.21. The van der Waals surface area contributed by atoms with Crippen LogP contribution in [-0.4, -0.2) is 9.13 Å². The molecule has 0 unspecified atom stereocenters. The van der Waals surface area contributed by atoms with Crippen molar-refractivity contribution in [1.29, 1.82) is 10.5 Å². The van der Waals surface area contributed by atoms with Gasteiger partial charge in [-0.15, -0.1) is 0 Å². The smallest absolute Gasteiger partial charge is 0.309 e. The lowest BCUT2D eigenvalue weighted by Crippen LogP contribution is -2.05. The zero-order chi connectivity index (χ0) is 49.1. The van der Waals surface area contributed by atoms with Crippen LogP contribution in [0.2, 0.25) is 0 Å². The molecular formula is C61H32F3N7. The molecule has 0 amide bonds. The first-order valence-electron chi connectivity index (χ1n) is 22.3. The molecule has 0 aliphatic heterocycles. The van der Waals surface area contributed by atoms with Crippen LogP contribution in [0.15, 0.2) is 176 Å². The van der Waals surface area contributed by atoms with Gasteiger partial charge in [0.05, 0.1) is 82.0 Å². The molecule has 0 radical (unpaired) electrons. The molecule has 0 fully saturated rings. The van der Waals surface area contributed by atoms with E-state index < -0.39 is 11.7 Å². The normalized spacial score (nSPS) is 11.3. The summed E-state index contributed by atoms with van der Waals surface area (Å²) in [5, 5.41) is 23.3. The van der Waals surface area contributed by atoms with E-state index in [9.17, 15) is 23.7 Å². The summed E-state index contributed by atoms with van der Waals surface area (Å²) in [7, 11) is 0. The molecule has 0 atom stereocenters. The van der Waals surface area contributed by atoms with E-state index in [1.807, 2.05) is 103 Å². The van der Waals surface area contributed by atoms with Crippen LogP contribution in [0, 0.1) is 49.3 Å². The van der Waals surface area contributed by atoms with Gasteiger partial charge >= 0.3 is 6.18 Å². The van der Waals surface area contributed by atoms with Crippen molar-refractivity contribution in [1.82, 2.24) is 9.13 Å². The summed E-state index contributed by atoms with van der Waals surface area (Å²) in [6, 6.07) is 58.0. The minimum absolute atomic E-state index is 0.366. The summed E-state index contributed by atoms with van der Waals surface area (Å²) in [5.74, 6) is 0. The second-order valence-corrected chi connectivity index (χ2v) is 17.2. The second-order valence-electron chi connectivity index (χ2n) is 17.2. The van der Waals surface area contributed by atoms with E-state index in [2.05, 4.69) is 47.9 Å². The van der Waals surface area contributed by atoms with E-state index in [4.69, 9.17) is 19.7 Å². The summed E-state index contributed by atoms with van der Waals surface area (Å²) >= 11 is 0. The number of nitriles is 2. The van der Waals surface area contributed by atoms with Crippen LogP contribution in [-0.2, 0) is 6.18 Å². The summed E-state index contributed by atoms with van der Waals surface area (Å²) in [6.07, 6.45) is -4.52. The van der Waals surface area contributed by atoms with E-state index in [1.54, 1.807) is 49.4 Å². The maximum absolute atomic E-state index is 14.0. The van der Waals surface area contributed by atoms with Crippen molar-refractivity contribution in [3.63, 3.8) is 0 Å². The Morgan fingerprint density at radius 3 is 1.44 bits per heavy atom. The van der Waals surface area contributed by atoms with Gasteiger partial charge in [0, 0.05) is 27.1 Å². The summed E-state index contributed by atoms with van der Waals surface area (Å²) in [6.45, 7) is 25.3. The third-order valence-electron chi connectivity index (χ3n) is 13.1. The molecule has 11 rings (SSSR count). The van der Waals surface area contributed by atoms with Crippen LogP contribution >= 0.6 is 0 Å². The number of fused-ring (bicyclic) bond motifs is 6. The number of benzene rings is 9. The summed E-state index contributed by atoms with van der Waals surface area (Å²) in [5.41, 5.74) is 12.3. The largest absolute Gasteiger partial charge is 0.416 e. The van der Waals surface area contributed by atoms with Crippen molar-refractivity contribution in [2.45, 2.75) is 13.1 Å². The van der Waals surface area contributed by atoms with Crippen molar-refractivity contribution in [2.24, 2.45) is 0 Å². The number of alkyl halides is 3. The molecule has 10 heteroatoms. The predicted molar refractivity (Wildman–Crippen MR) is 275 cm³/mol. The van der Waals surface area contributed by atoms with Gasteiger partial charge in [-0.3, -0.25) is 0 Å². The molecule has 2 heterocycles. The van der Waals surface area contributed by atoms with E-state index >= 15 is 0 Å². The molecule has 0 aliphatic carbocycles. The van der Waals surface area contributed by atoms with Crippen LogP contribution in [0.1, 0.15) is 22.3 Å². The molecular weight excluding hydrogens is 888 g/mol. The Balaban J connectivity index is 1.20. The topological polar surface area (TPSA) is 70.5 Å². The number of hydrogen-bond donors (Lipinski definition) is 0. The summed E-state index contributed by atoms with van der Waals surface area (Å²) < 4.78 is 46.4. The van der Waals surface area contributed by atoms with Gasteiger partial charge in [0.15, 0.2) is 17.1 Å². The minimum atomic E-state index is -4.52. The Hall–Kier alpha value is -10.2. The Morgan fingerprint density at radius 2 is 0.915 bits per heavy atom. The Morgan fingerprint density at radius 1 is 0.423 bits per heavy atom. The van der Waals surface area contributed by atoms with Crippen LogP contribution in [0.25, 0.3) is 114 Å². The van der Waals surface area contributed by atoms with E-state index in [-0.39, 0.29) is 0 Å². The predicted octanol–water partition coefficient (Wildman–Crippen LogP) is 17.3. The molecule has 0 aliphatic rings. The molecule has 332 valence electrons. The molecule has 71 heavy (non-hydrogen) atoms. The van der Waals surface area contributed by atoms with Crippen molar-refractivity contribution >= 4 is 60.7 Å². The zero-order valence-electron chi connectivity index (χ0n) is 37.5. The molecule has 11 aromatic rings. The molecule has 0 N–H and O–H groups in total. The fraction of sp³-hybridized carbons (Fsp3) is 0.0328. The summed E-state index contributed by atoms with van der Waals surface area (Å²) in [4.78, 5) is 11.1. The fourth-order valence-corrected chi connectivity index (χ4v) is 9.92. The van der Waals surface area contributed by atoms with Crippen LogP contribution < -0.4 is 0 Å². The van der Waals surface area contributed by atoms with Crippen molar-refractivity contribution < 1.29 is 13.2 Å². The highest BCUT2D eigenvalue weighted by atomic mass is 19.4. The molecule has 0 spiro atoms. The third kappa shape index (κ3) is 7.36.